The Hall–Kier alpha value is -1.20. The highest BCUT2D eigenvalue weighted by Gasteiger charge is 2.20. The summed E-state index contributed by atoms with van der Waals surface area (Å²) in [5.41, 5.74) is 1.32. The second-order valence-corrected chi connectivity index (χ2v) is 6.51. The van der Waals surface area contributed by atoms with Crippen LogP contribution in [-0.2, 0) is 0 Å². The van der Waals surface area contributed by atoms with Crippen LogP contribution in [0.2, 0.25) is 0 Å². The van der Waals surface area contributed by atoms with Gasteiger partial charge in [-0.05, 0) is 32.3 Å². The Morgan fingerprint density at radius 3 is 2.89 bits per heavy atom. The fourth-order valence-electron chi connectivity index (χ4n) is 2.28. The molecule has 19 heavy (non-hydrogen) atoms. The van der Waals surface area contributed by atoms with E-state index in [1.54, 1.807) is 17.7 Å². The van der Waals surface area contributed by atoms with Crippen molar-refractivity contribution in [3.8, 4) is 0 Å². The summed E-state index contributed by atoms with van der Waals surface area (Å²) in [6.07, 6.45) is 4.35. The molecule has 3 rings (SSSR count). The third-order valence-corrected chi connectivity index (χ3v) is 4.88. The lowest BCUT2D eigenvalue weighted by molar-refractivity contribution is 0.673. The lowest BCUT2D eigenvalue weighted by atomic mass is 10.2. The first-order valence-electron chi connectivity index (χ1n) is 6.82. The molecule has 0 amide bonds. The van der Waals surface area contributed by atoms with E-state index in [2.05, 4.69) is 41.1 Å². The maximum absolute atomic E-state index is 4.49. The van der Waals surface area contributed by atoms with Gasteiger partial charge in [-0.3, -0.25) is 0 Å². The molecule has 0 saturated heterocycles. The van der Waals surface area contributed by atoms with Crippen LogP contribution in [0.25, 0.3) is 10.2 Å². The highest BCUT2D eigenvalue weighted by molar-refractivity contribution is 7.18. The highest BCUT2D eigenvalue weighted by Crippen LogP contribution is 2.33. The number of hydrogen-bond acceptors (Lipinski definition) is 5. The molecular weight excluding hydrogens is 256 g/mol. The van der Waals surface area contributed by atoms with E-state index >= 15 is 0 Å². The zero-order chi connectivity index (χ0) is 13.4. The molecule has 1 aliphatic rings. The molecule has 0 atom stereocenters. The Labute approximate surface area is 117 Å². The Morgan fingerprint density at radius 2 is 2.16 bits per heavy atom. The van der Waals surface area contributed by atoms with Crippen molar-refractivity contribution in [3.05, 3.63) is 16.8 Å². The number of anilines is 1. The quantitative estimate of drug-likeness (QED) is 0.911. The van der Waals surface area contributed by atoms with Gasteiger partial charge in [0.05, 0.1) is 5.39 Å². The van der Waals surface area contributed by atoms with Crippen molar-refractivity contribution >= 4 is 27.4 Å². The van der Waals surface area contributed by atoms with E-state index in [0.29, 0.717) is 0 Å². The van der Waals surface area contributed by atoms with Gasteiger partial charge in [-0.25, -0.2) is 9.97 Å². The maximum atomic E-state index is 4.49. The van der Waals surface area contributed by atoms with E-state index in [0.717, 1.165) is 29.8 Å². The van der Waals surface area contributed by atoms with Gasteiger partial charge >= 0.3 is 0 Å². The summed E-state index contributed by atoms with van der Waals surface area (Å²) in [6.45, 7) is 6.32. The van der Waals surface area contributed by atoms with Crippen LogP contribution in [0.15, 0.2) is 6.33 Å². The van der Waals surface area contributed by atoms with Crippen LogP contribution in [0.3, 0.4) is 0 Å². The molecule has 5 heteroatoms. The third-order valence-electron chi connectivity index (χ3n) is 3.76. The minimum atomic E-state index is 0.768. The van der Waals surface area contributed by atoms with Crippen LogP contribution in [0, 0.1) is 13.8 Å². The molecule has 1 saturated carbocycles. The molecule has 0 aromatic carbocycles. The largest absolute Gasteiger partial charge is 0.358 e. The van der Waals surface area contributed by atoms with Crippen molar-refractivity contribution in [2.45, 2.75) is 32.7 Å². The lowest BCUT2D eigenvalue weighted by Crippen LogP contribution is -2.30. The standard InChI is InChI=1S/C14H20N4S/c1-9-10(2)19-14-12(9)13(16-8-17-14)18(3)7-6-15-11-4-5-11/h8,11,15H,4-7H2,1-3H3. The smallest absolute Gasteiger partial charge is 0.140 e. The van der Waals surface area contributed by atoms with Crippen molar-refractivity contribution < 1.29 is 0 Å². The number of aryl methyl sites for hydroxylation is 2. The first-order chi connectivity index (χ1) is 9.16. The van der Waals surface area contributed by atoms with Crippen molar-refractivity contribution in [2.24, 2.45) is 0 Å². The van der Waals surface area contributed by atoms with Crippen molar-refractivity contribution in [1.29, 1.82) is 0 Å². The minimum Gasteiger partial charge on any atom is -0.358 e. The Kier molecular flexibility index (Phi) is 3.41. The first-order valence-corrected chi connectivity index (χ1v) is 7.63. The van der Waals surface area contributed by atoms with Crippen LogP contribution in [0.4, 0.5) is 5.82 Å². The third kappa shape index (κ3) is 2.58. The number of nitrogens with zero attached hydrogens (tertiary/aromatic N) is 3. The van der Waals surface area contributed by atoms with Crippen LogP contribution < -0.4 is 10.2 Å². The summed E-state index contributed by atoms with van der Waals surface area (Å²) in [6, 6.07) is 0.768. The average Bonchev–Trinajstić information content (AvgIpc) is 3.17. The molecule has 1 N–H and O–H groups in total. The molecule has 0 unspecified atom stereocenters. The molecule has 2 heterocycles. The number of rotatable bonds is 5. The van der Waals surface area contributed by atoms with Crippen LogP contribution in [0.1, 0.15) is 23.3 Å². The summed E-state index contributed by atoms with van der Waals surface area (Å²) in [4.78, 5) is 13.5. The molecule has 2 aromatic rings. The number of fused-ring (bicyclic) bond motifs is 1. The fourth-order valence-corrected chi connectivity index (χ4v) is 3.27. The highest BCUT2D eigenvalue weighted by atomic mass is 32.1. The molecule has 2 aromatic heterocycles. The van der Waals surface area contributed by atoms with E-state index < -0.39 is 0 Å². The summed E-state index contributed by atoms with van der Waals surface area (Å²) >= 11 is 1.76. The van der Waals surface area contributed by atoms with Gasteiger partial charge in [0, 0.05) is 31.1 Å². The van der Waals surface area contributed by atoms with Crippen molar-refractivity contribution in [1.82, 2.24) is 15.3 Å². The van der Waals surface area contributed by atoms with Crippen LogP contribution in [-0.4, -0.2) is 36.1 Å². The minimum absolute atomic E-state index is 0.768. The number of hydrogen-bond donors (Lipinski definition) is 1. The predicted molar refractivity (Wildman–Crippen MR) is 81.2 cm³/mol. The lowest BCUT2D eigenvalue weighted by Gasteiger charge is -2.19. The second-order valence-electron chi connectivity index (χ2n) is 5.31. The van der Waals surface area contributed by atoms with Gasteiger partial charge < -0.3 is 10.2 Å². The Morgan fingerprint density at radius 1 is 1.37 bits per heavy atom. The summed E-state index contributed by atoms with van der Waals surface area (Å²) < 4.78 is 0. The molecule has 0 aliphatic heterocycles. The zero-order valence-corrected chi connectivity index (χ0v) is 12.5. The number of nitrogens with one attached hydrogen (secondary N) is 1. The van der Waals surface area contributed by atoms with Gasteiger partial charge in [0.2, 0.25) is 0 Å². The van der Waals surface area contributed by atoms with Gasteiger partial charge in [-0.2, -0.15) is 0 Å². The first kappa shape index (κ1) is 12.8. The molecule has 0 bridgehead atoms. The van der Waals surface area contributed by atoms with E-state index in [9.17, 15) is 0 Å². The summed E-state index contributed by atoms with van der Waals surface area (Å²) in [5, 5.41) is 4.76. The van der Waals surface area contributed by atoms with Gasteiger partial charge in [0.1, 0.15) is 17.0 Å². The van der Waals surface area contributed by atoms with E-state index in [1.165, 1.54) is 28.7 Å². The molecule has 0 radical (unpaired) electrons. The Bertz CT molecular complexity index is 588. The van der Waals surface area contributed by atoms with Gasteiger partial charge in [0.15, 0.2) is 0 Å². The molecule has 102 valence electrons. The summed E-state index contributed by atoms with van der Waals surface area (Å²) in [7, 11) is 2.11. The van der Waals surface area contributed by atoms with Gasteiger partial charge in [-0.15, -0.1) is 11.3 Å². The van der Waals surface area contributed by atoms with Crippen molar-refractivity contribution in [3.63, 3.8) is 0 Å². The molecule has 4 nitrogen and oxygen atoms in total. The number of aromatic nitrogens is 2. The van der Waals surface area contributed by atoms with E-state index in [-0.39, 0.29) is 0 Å². The van der Waals surface area contributed by atoms with E-state index in [4.69, 9.17) is 0 Å². The summed E-state index contributed by atoms with van der Waals surface area (Å²) in [5.74, 6) is 1.06. The zero-order valence-electron chi connectivity index (χ0n) is 11.7. The monoisotopic (exact) mass is 276 g/mol. The Balaban J connectivity index is 1.81. The van der Waals surface area contributed by atoms with Gasteiger partial charge in [0.25, 0.3) is 0 Å². The van der Waals surface area contributed by atoms with Gasteiger partial charge in [-0.1, -0.05) is 0 Å². The normalized spacial score (nSPS) is 15.1. The van der Waals surface area contributed by atoms with Crippen molar-refractivity contribution in [2.75, 3.05) is 25.0 Å². The number of likely N-dealkylation sites (N-methyl/N-ethyl adjacent to an activating group) is 1. The topological polar surface area (TPSA) is 41.1 Å². The molecule has 1 aliphatic carbocycles. The van der Waals surface area contributed by atoms with Crippen LogP contribution >= 0.6 is 11.3 Å². The predicted octanol–water partition coefficient (Wildman–Crippen LogP) is 2.50. The maximum Gasteiger partial charge on any atom is 0.140 e. The van der Waals surface area contributed by atoms with E-state index in [1.807, 2.05) is 0 Å². The SMILES string of the molecule is Cc1sc2ncnc(N(C)CCNC3CC3)c2c1C. The average molecular weight is 276 g/mol. The van der Waals surface area contributed by atoms with Crippen LogP contribution in [0.5, 0.6) is 0 Å². The number of thiophene rings is 1. The molecular formula is C14H20N4S. The second kappa shape index (κ2) is 5.06. The molecule has 0 spiro atoms. The fraction of sp³-hybridized carbons (Fsp3) is 0.571. The molecule has 1 fully saturated rings.